The third-order valence-corrected chi connectivity index (χ3v) is 10.8. The first kappa shape index (κ1) is 49.9. The van der Waals surface area contributed by atoms with Gasteiger partial charge in [0.25, 0.3) is 0 Å². The van der Waals surface area contributed by atoms with Crippen molar-refractivity contribution in [2.45, 2.75) is 227 Å². The molecule has 5 heteroatoms. The van der Waals surface area contributed by atoms with Gasteiger partial charge in [0.1, 0.15) is 0 Å². The van der Waals surface area contributed by atoms with Crippen LogP contribution in [0, 0.1) is 11.8 Å². The van der Waals surface area contributed by atoms with E-state index in [9.17, 15) is 9.90 Å². The van der Waals surface area contributed by atoms with Crippen LogP contribution in [0.5, 0.6) is 0 Å². The summed E-state index contributed by atoms with van der Waals surface area (Å²) >= 11 is 0. The summed E-state index contributed by atoms with van der Waals surface area (Å²) in [4.78, 5) is 15.2. The fourth-order valence-corrected chi connectivity index (χ4v) is 7.27. The molecule has 1 N–H and O–H groups in total. The quantitative estimate of drug-likeness (QED) is 0.0386. The van der Waals surface area contributed by atoms with Crippen LogP contribution in [-0.4, -0.2) is 55.4 Å². The van der Waals surface area contributed by atoms with Crippen molar-refractivity contribution in [2.75, 3.05) is 39.5 Å². The van der Waals surface area contributed by atoms with E-state index >= 15 is 0 Å². The Labute approximate surface area is 319 Å². The standard InChI is InChI=1S/C46H91NO4/c1-6-10-14-26-35-44(33-12-8-3)43(5)50-41-30-24-20-16-18-22-28-37-47(39-32-40-48)38-29-23-19-17-21-25-31-42-51-46(49)45(34-13-9-4)36-27-15-11-7-2/h44-45,48H,5-42H2,1-4H3. The summed E-state index contributed by atoms with van der Waals surface area (Å²) in [7, 11) is 0. The number of rotatable bonds is 42. The number of unbranched alkanes of at least 4 members (excludes halogenated alkanes) is 20. The maximum absolute atomic E-state index is 12.6. The van der Waals surface area contributed by atoms with E-state index in [1.54, 1.807) is 0 Å². The van der Waals surface area contributed by atoms with Crippen LogP contribution in [0.4, 0.5) is 0 Å². The molecule has 0 saturated carbocycles. The maximum Gasteiger partial charge on any atom is 0.308 e. The van der Waals surface area contributed by atoms with Crippen molar-refractivity contribution in [3.63, 3.8) is 0 Å². The van der Waals surface area contributed by atoms with E-state index in [0.717, 1.165) is 83.2 Å². The minimum absolute atomic E-state index is 0.0589. The van der Waals surface area contributed by atoms with Gasteiger partial charge < -0.3 is 19.5 Å². The van der Waals surface area contributed by atoms with E-state index < -0.39 is 0 Å². The molecule has 0 amide bonds. The van der Waals surface area contributed by atoms with Gasteiger partial charge in [-0.1, -0.05) is 176 Å². The summed E-state index contributed by atoms with van der Waals surface area (Å²) in [5, 5.41) is 9.40. The lowest BCUT2D eigenvalue weighted by Gasteiger charge is -2.22. The van der Waals surface area contributed by atoms with Gasteiger partial charge in [0, 0.05) is 19.1 Å². The van der Waals surface area contributed by atoms with E-state index in [0.29, 0.717) is 19.1 Å². The van der Waals surface area contributed by atoms with Crippen LogP contribution in [0.1, 0.15) is 227 Å². The predicted octanol–water partition coefficient (Wildman–Crippen LogP) is 13.8. The molecule has 0 aliphatic rings. The van der Waals surface area contributed by atoms with Crippen LogP contribution in [-0.2, 0) is 14.3 Å². The summed E-state index contributed by atoms with van der Waals surface area (Å²) < 4.78 is 11.8. The molecule has 0 aromatic rings. The molecule has 0 aromatic heterocycles. The Morgan fingerprint density at radius 2 is 0.843 bits per heavy atom. The number of carbonyl (C=O) groups is 1. The predicted molar refractivity (Wildman–Crippen MR) is 222 cm³/mol. The first-order valence-corrected chi connectivity index (χ1v) is 22.8. The summed E-state index contributed by atoms with van der Waals surface area (Å²) in [5.41, 5.74) is 0. The van der Waals surface area contributed by atoms with E-state index in [4.69, 9.17) is 9.47 Å². The molecule has 0 aliphatic carbocycles. The molecule has 0 aliphatic heterocycles. The van der Waals surface area contributed by atoms with Crippen LogP contribution in [0.25, 0.3) is 0 Å². The van der Waals surface area contributed by atoms with Gasteiger partial charge in [-0.2, -0.15) is 0 Å². The fourth-order valence-electron chi connectivity index (χ4n) is 7.27. The highest BCUT2D eigenvalue weighted by molar-refractivity contribution is 5.72. The number of ether oxygens (including phenoxy) is 2. The second kappa shape index (κ2) is 40.1. The van der Waals surface area contributed by atoms with Crippen molar-refractivity contribution in [3.05, 3.63) is 12.3 Å². The number of esters is 1. The highest BCUT2D eigenvalue weighted by atomic mass is 16.5. The lowest BCUT2D eigenvalue weighted by Crippen LogP contribution is -2.27. The molecule has 0 saturated heterocycles. The van der Waals surface area contributed by atoms with Crippen molar-refractivity contribution >= 4 is 5.97 Å². The molecule has 5 nitrogen and oxygen atoms in total. The summed E-state index contributed by atoms with van der Waals surface area (Å²) in [6.45, 7) is 18.4. The molecule has 0 radical (unpaired) electrons. The Morgan fingerprint density at radius 3 is 1.33 bits per heavy atom. The third kappa shape index (κ3) is 33.3. The highest BCUT2D eigenvalue weighted by Gasteiger charge is 2.19. The maximum atomic E-state index is 12.6. The normalized spacial score (nSPS) is 12.7. The first-order valence-electron chi connectivity index (χ1n) is 22.8. The van der Waals surface area contributed by atoms with Crippen molar-refractivity contribution in [3.8, 4) is 0 Å². The molecule has 0 bridgehead atoms. The molecule has 0 fully saturated rings. The number of allylic oxidation sites excluding steroid dienone is 1. The molecular formula is C46H91NO4. The van der Waals surface area contributed by atoms with Crippen LogP contribution in [0.15, 0.2) is 12.3 Å². The number of aliphatic hydroxyl groups excluding tert-OH is 1. The SMILES string of the molecule is C=C(OCCCCCCCCCN(CCCO)CCCCCCCCCOC(=O)C(CCCC)CCCCCC)C(CCCC)CCCCCC. The molecule has 304 valence electrons. The molecule has 0 rings (SSSR count). The van der Waals surface area contributed by atoms with Gasteiger partial charge in [-0.25, -0.2) is 0 Å². The Hall–Kier alpha value is -1.07. The largest absolute Gasteiger partial charge is 0.498 e. The van der Waals surface area contributed by atoms with E-state index in [2.05, 4.69) is 39.2 Å². The highest BCUT2D eigenvalue weighted by Crippen LogP contribution is 2.25. The van der Waals surface area contributed by atoms with Gasteiger partial charge in [0.2, 0.25) is 0 Å². The van der Waals surface area contributed by atoms with Crippen molar-refractivity contribution in [2.24, 2.45) is 11.8 Å². The Morgan fingerprint density at radius 1 is 0.471 bits per heavy atom. The number of hydrogen-bond donors (Lipinski definition) is 1. The topological polar surface area (TPSA) is 59.0 Å². The van der Waals surface area contributed by atoms with Gasteiger partial charge >= 0.3 is 5.97 Å². The number of carbonyl (C=O) groups excluding carboxylic acids is 1. The Bertz CT molecular complexity index is 672. The van der Waals surface area contributed by atoms with E-state index in [1.807, 2.05) is 0 Å². The van der Waals surface area contributed by atoms with Gasteiger partial charge in [0.05, 0.1) is 24.9 Å². The summed E-state index contributed by atoms with van der Waals surface area (Å²) in [6.07, 6.45) is 37.9. The zero-order valence-corrected chi connectivity index (χ0v) is 35.1. The average molecular weight is 722 g/mol. The summed E-state index contributed by atoms with van der Waals surface area (Å²) in [6, 6.07) is 0. The molecular weight excluding hydrogens is 631 g/mol. The van der Waals surface area contributed by atoms with Crippen molar-refractivity contribution in [1.82, 2.24) is 4.90 Å². The smallest absolute Gasteiger partial charge is 0.308 e. The molecule has 2 unspecified atom stereocenters. The number of hydrogen-bond acceptors (Lipinski definition) is 5. The zero-order chi connectivity index (χ0) is 37.5. The van der Waals surface area contributed by atoms with Gasteiger partial charge in [-0.15, -0.1) is 0 Å². The minimum Gasteiger partial charge on any atom is -0.498 e. The second-order valence-electron chi connectivity index (χ2n) is 15.7. The number of nitrogens with zero attached hydrogens (tertiary/aromatic N) is 1. The van der Waals surface area contributed by atoms with Crippen LogP contribution < -0.4 is 0 Å². The molecule has 2 atom stereocenters. The molecule has 51 heavy (non-hydrogen) atoms. The minimum atomic E-state index is 0.0589. The Kier molecular flexibility index (Phi) is 39.3. The summed E-state index contributed by atoms with van der Waals surface area (Å²) in [5.74, 6) is 1.78. The second-order valence-corrected chi connectivity index (χ2v) is 15.7. The third-order valence-electron chi connectivity index (χ3n) is 10.8. The fraction of sp³-hybridized carbons (Fsp3) is 0.935. The van der Waals surface area contributed by atoms with Gasteiger partial charge in [0.15, 0.2) is 0 Å². The molecule has 0 aromatic carbocycles. The molecule has 0 spiro atoms. The lowest BCUT2D eigenvalue weighted by molar-refractivity contribution is -0.149. The van der Waals surface area contributed by atoms with E-state index in [-0.39, 0.29) is 11.9 Å². The zero-order valence-electron chi connectivity index (χ0n) is 35.1. The van der Waals surface area contributed by atoms with Crippen LogP contribution in [0.2, 0.25) is 0 Å². The first-order chi connectivity index (χ1) is 25.0. The number of aliphatic hydroxyl groups is 1. The van der Waals surface area contributed by atoms with Crippen molar-refractivity contribution in [1.29, 1.82) is 0 Å². The van der Waals surface area contributed by atoms with Gasteiger partial charge in [-0.3, -0.25) is 4.79 Å². The van der Waals surface area contributed by atoms with Crippen LogP contribution in [0.3, 0.4) is 0 Å². The van der Waals surface area contributed by atoms with Gasteiger partial charge in [-0.05, 0) is 70.9 Å². The van der Waals surface area contributed by atoms with Crippen molar-refractivity contribution < 1.29 is 19.4 Å². The van der Waals surface area contributed by atoms with E-state index in [1.165, 1.54) is 148 Å². The average Bonchev–Trinajstić information content (AvgIpc) is 3.14. The van der Waals surface area contributed by atoms with Crippen LogP contribution >= 0.6 is 0 Å². The monoisotopic (exact) mass is 722 g/mol. The lowest BCUT2D eigenvalue weighted by atomic mass is 9.94. The Balaban J connectivity index is 3.91. The molecule has 0 heterocycles.